The Morgan fingerprint density at radius 3 is 2.84 bits per heavy atom. The van der Waals surface area contributed by atoms with Crippen molar-refractivity contribution in [3.63, 3.8) is 0 Å². The van der Waals surface area contributed by atoms with E-state index in [1.807, 2.05) is 18.2 Å². The molecule has 7 heteroatoms. The molecule has 0 aliphatic heterocycles. The van der Waals surface area contributed by atoms with Gasteiger partial charge in [0, 0.05) is 10.8 Å². The van der Waals surface area contributed by atoms with Crippen molar-refractivity contribution < 1.29 is 14.7 Å². The van der Waals surface area contributed by atoms with Crippen LogP contribution >= 0.6 is 23.4 Å². The molecule has 0 heterocycles. The highest BCUT2D eigenvalue weighted by Gasteiger charge is 2.11. The number of hydrogen-bond donors (Lipinski definition) is 3. The monoisotopic (exact) mass is 302 g/mol. The second-order valence-corrected chi connectivity index (χ2v) is 5.27. The van der Waals surface area contributed by atoms with Crippen LogP contribution in [0.15, 0.2) is 24.3 Å². The Labute approximate surface area is 120 Å². The Hall–Kier alpha value is -1.24. The van der Waals surface area contributed by atoms with Crippen LogP contribution in [0, 0.1) is 0 Å². The average molecular weight is 303 g/mol. The summed E-state index contributed by atoms with van der Waals surface area (Å²) in [5.41, 5.74) is 5.88. The number of aliphatic hydroxyl groups excluding tert-OH is 1. The van der Waals surface area contributed by atoms with Gasteiger partial charge in [0.2, 0.25) is 11.8 Å². The van der Waals surface area contributed by atoms with Crippen LogP contribution in [0.25, 0.3) is 0 Å². The predicted molar refractivity (Wildman–Crippen MR) is 75.8 cm³/mol. The van der Waals surface area contributed by atoms with Crippen molar-refractivity contribution in [3.8, 4) is 0 Å². The summed E-state index contributed by atoms with van der Waals surface area (Å²) in [6.07, 6.45) is -1.35. The van der Waals surface area contributed by atoms with Gasteiger partial charge in [-0.05, 0) is 17.7 Å². The number of carbonyl (C=O) groups is 2. The molecule has 1 unspecified atom stereocenters. The summed E-state index contributed by atoms with van der Waals surface area (Å²) in [4.78, 5) is 22.0. The van der Waals surface area contributed by atoms with E-state index in [0.29, 0.717) is 10.8 Å². The Morgan fingerprint density at radius 1 is 1.47 bits per heavy atom. The van der Waals surface area contributed by atoms with Gasteiger partial charge >= 0.3 is 0 Å². The van der Waals surface area contributed by atoms with Gasteiger partial charge in [0.15, 0.2) is 0 Å². The van der Waals surface area contributed by atoms with Crippen LogP contribution in [0.4, 0.5) is 0 Å². The molecule has 1 atom stereocenters. The number of halogens is 1. The van der Waals surface area contributed by atoms with Gasteiger partial charge in [0.25, 0.3) is 0 Å². The molecule has 1 rings (SSSR count). The highest BCUT2D eigenvalue weighted by Crippen LogP contribution is 2.16. The number of amides is 2. The highest BCUT2D eigenvalue weighted by atomic mass is 35.5. The lowest BCUT2D eigenvalue weighted by Crippen LogP contribution is -2.40. The third-order valence-electron chi connectivity index (χ3n) is 2.21. The van der Waals surface area contributed by atoms with E-state index in [9.17, 15) is 9.59 Å². The number of hydrogen-bond acceptors (Lipinski definition) is 4. The average Bonchev–Trinajstić information content (AvgIpc) is 2.36. The van der Waals surface area contributed by atoms with Crippen LogP contribution in [-0.4, -0.2) is 35.3 Å². The van der Waals surface area contributed by atoms with Gasteiger partial charge < -0.3 is 16.2 Å². The molecule has 0 spiro atoms. The van der Waals surface area contributed by atoms with Crippen LogP contribution in [0.3, 0.4) is 0 Å². The van der Waals surface area contributed by atoms with Gasteiger partial charge in [0.05, 0.1) is 12.3 Å². The maximum absolute atomic E-state index is 11.4. The minimum Gasteiger partial charge on any atom is -0.381 e. The lowest BCUT2D eigenvalue weighted by Gasteiger charge is -2.08. The van der Waals surface area contributed by atoms with Crippen LogP contribution < -0.4 is 11.1 Å². The Balaban J connectivity index is 2.22. The van der Waals surface area contributed by atoms with Crippen molar-refractivity contribution >= 4 is 35.2 Å². The minimum atomic E-state index is -1.35. The molecule has 0 radical (unpaired) electrons. The summed E-state index contributed by atoms with van der Waals surface area (Å²) >= 11 is 7.26. The number of aliphatic hydroxyl groups is 1. The molecule has 1 aromatic rings. The number of thioether (sulfide) groups is 1. The van der Waals surface area contributed by atoms with Crippen LogP contribution in [0.5, 0.6) is 0 Å². The summed E-state index contributed by atoms with van der Waals surface area (Å²) in [6, 6.07) is 7.39. The van der Waals surface area contributed by atoms with Gasteiger partial charge in [-0.1, -0.05) is 23.7 Å². The summed E-state index contributed by atoms with van der Waals surface area (Å²) in [7, 11) is 0. The van der Waals surface area contributed by atoms with Crippen molar-refractivity contribution in [2.75, 3.05) is 12.3 Å². The number of rotatable bonds is 7. The highest BCUT2D eigenvalue weighted by molar-refractivity contribution is 7.99. The van der Waals surface area contributed by atoms with Crippen molar-refractivity contribution in [3.05, 3.63) is 34.9 Å². The lowest BCUT2D eigenvalue weighted by molar-refractivity contribution is -0.126. The number of primary amides is 1. The first-order chi connectivity index (χ1) is 8.99. The number of benzene rings is 1. The topological polar surface area (TPSA) is 92.4 Å². The zero-order chi connectivity index (χ0) is 14.3. The molecule has 104 valence electrons. The zero-order valence-electron chi connectivity index (χ0n) is 10.1. The molecule has 0 aliphatic carbocycles. The normalized spacial score (nSPS) is 11.9. The van der Waals surface area contributed by atoms with Crippen molar-refractivity contribution in [1.82, 2.24) is 5.32 Å². The second kappa shape index (κ2) is 8.04. The van der Waals surface area contributed by atoms with Gasteiger partial charge in [-0.15, -0.1) is 11.8 Å². The SMILES string of the molecule is NC(=O)C(O)CNC(=O)CSCc1cccc(Cl)c1. The Kier molecular flexibility index (Phi) is 6.69. The van der Waals surface area contributed by atoms with Gasteiger partial charge in [-0.25, -0.2) is 0 Å². The molecule has 0 aromatic heterocycles. The van der Waals surface area contributed by atoms with E-state index in [4.69, 9.17) is 22.4 Å². The molecular formula is C12H15ClN2O3S. The molecule has 4 N–H and O–H groups in total. The minimum absolute atomic E-state index is 0.161. The molecule has 0 saturated carbocycles. The first-order valence-corrected chi connectivity index (χ1v) is 7.08. The third-order valence-corrected chi connectivity index (χ3v) is 3.45. The second-order valence-electron chi connectivity index (χ2n) is 3.84. The summed E-state index contributed by atoms with van der Waals surface area (Å²) in [5, 5.41) is 12.2. The Bertz CT molecular complexity index is 456. The molecule has 2 amide bonds. The number of nitrogens with two attached hydrogens (primary N) is 1. The third kappa shape index (κ3) is 6.47. The largest absolute Gasteiger partial charge is 0.381 e. The number of carbonyl (C=O) groups excluding carboxylic acids is 2. The Morgan fingerprint density at radius 2 is 2.21 bits per heavy atom. The first kappa shape index (κ1) is 15.8. The molecular weight excluding hydrogens is 288 g/mol. The molecule has 0 bridgehead atoms. The number of nitrogens with one attached hydrogen (secondary N) is 1. The first-order valence-electron chi connectivity index (χ1n) is 5.55. The van der Waals surface area contributed by atoms with E-state index >= 15 is 0 Å². The molecule has 1 aromatic carbocycles. The van der Waals surface area contributed by atoms with E-state index in [2.05, 4.69) is 5.32 Å². The maximum Gasteiger partial charge on any atom is 0.248 e. The van der Waals surface area contributed by atoms with E-state index in [-0.39, 0.29) is 18.2 Å². The van der Waals surface area contributed by atoms with E-state index in [1.165, 1.54) is 11.8 Å². The molecule has 19 heavy (non-hydrogen) atoms. The van der Waals surface area contributed by atoms with Crippen LogP contribution in [0.2, 0.25) is 5.02 Å². The van der Waals surface area contributed by atoms with Crippen molar-refractivity contribution in [2.45, 2.75) is 11.9 Å². The fraction of sp³-hybridized carbons (Fsp3) is 0.333. The lowest BCUT2D eigenvalue weighted by atomic mass is 10.2. The van der Waals surface area contributed by atoms with Crippen molar-refractivity contribution in [2.24, 2.45) is 5.73 Å². The zero-order valence-corrected chi connectivity index (χ0v) is 11.7. The summed E-state index contributed by atoms with van der Waals surface area (Å²) in [6.45, 7) is -0.161. The van der Waals surface area contributed by atoms with E-state index in [0.717, 1.165) is 5.56 Å². The molecule has 0 fully saturated rings. The van der Waals surface area contributed by atoms with Crippen LogP contribution in [-0.2, 0) is 15.3 Å². The fourth-order valence-electron chi connectivity index (χ4n) is 1.25. The predicted octanol–water partition coefficient (Wildman–Crippen LogP) is 0.536. The smallest absolute Gasteiger partial charge is 0.248 e. The fourth-order valence-corrected chi connectivity index (χ4v) is 2.27. The molecule has 5 nitrogen and oxygen atoms in total. The van der Waals surface area contributed by atoms with E-state index in [1.54, 1.807) is 6.07 Å². The van der Waals surface area contributed by atoms with Crippen LogP contribution in [0.1, 0.15) is 5.56 Å². The van der Waals surface area contributed by atoms with Crippen molar-refractivity contribution in [1.29, 1.82) is 0 Å². The van der Waals surface area contributed by atoms with Gasteiger partial charge in [0.1, 0.15) is 6.10 Å². The summed E-state index contributed by atoms with van der Waals surface area (Å²) < 4.78 is 0. The molecule has 0 saturated heterocycles. The summed E-state index contributed by atoms with van der Waals surface area (Å²) in [5.74, 6) is -0.219. The maximum atomic E-state index is 11.4. The van der Waals surface area contributed by atoms with E-state index < -0.39 is 12.0 Å². The quantitative estimate of drug-likeness (QED) is 0.685. The standard InChI is InChI=1S/C12H15ClN2O3S/c13-9-3-1-2-8(4-9)6-19-7-11(17)15-5-10(16)12(14)18/h1-4,10,16H,5-7H2,(H2,14,18)(H,15,17). The molecule has 0 aliphatic rings. The van der Waals surface area contributed by atoms with Gasteiger partial charge in [-0.3, -0.25) is 9.59 Å². The van der Waals surface area contributed by atoms with Gasteiger partial charge in [-0.2, -0.15) is 0 Å².